The molecule has 0 aromatic carbocycles. The molecule has 0 saturated heterocycles. The second-order valence-electron chi connectivity index (χ2n) is 4.82. The van der Waals surface area contributed by atoms with E-state index >= 15 is 0 Å². The van der Waals surface area contributed by atoms with E-state index in [1.165, 1.54) is 8.99 Å². The lowest BCUT2D eigenvalue weighted by Gasteiger charge is -2.28. The summed E-state index contributed by atoms with van der Waals surface area (Å²) in [7, 11) is -0.447. The monoisotopic (exact) mass is 351 g/mol. The molecule has 2 atom stereocenters. The summed E-state index contributed by atoms with van der Waals surface area (Å²) in [4.78, 5) is 0. The number of halogens is 1. The Morgan fingerprint density at radius 2 is 2.21 bits per heavy atom. The lowest BCUT2D eigenvalue weighted by Crippen LogP contribution is -2.42. The topological polar surface area (TPSA) is 94.1 Å². The van der Waals surface area contributed by atoms with Gasteiger partial charge in [0, 0.05) is 20.1 Å². The Hall–Kier alpha value is -0.510. The van der Waals surface area contributed by atoms with Crippen LogP contribution < -0.4 is 5.73 Å². The summed E-state index contributed by atoms with van der Waals surface area (Å²) in [5.41, 5.74) is 5.72. The Morgan fingerprint density at radius 1 is 1.53 bits per heavy atom. The van der Waals surface area contributed by atoms with Crippen molar-refractivity contribution in [3.63, 3.8) is 0 Å². The number of nitrogens with two attached hydrogens (primary N) is 1. The van der Waals surface area contributed by atoms with Crippen molar-refractivity contribution in [2.45, 2.75) is 30.3 Å². The zero-order valence-electron chi connectivity index (χ0n) is 11.0. The second-order valence-corrected chi connectivity index (χ2v) is 7.49. The molecule has 1 aliphatic carbocycles. The molecular weight excluding hydrogens is 334 g/mol. The van der Waals surface area contributed by atoms with Gasteiger partial charge in [-0.05, 0) is 41.2 Å². The molecular formula is C10H18BrN5O2S. The molecule has 1 saturated carbocycles. The third kappa shape index (κ3) is 2.56. The van der Waals surface area contributed by atoms with Crippen LogP contribution in [-0.2, 0) is 17.1 Å². The highest BCUT2D eigenvalue weighted by molar-refractivity contribution is 9.10. The van der Waals surface area contributed by atoms with E-state index in [-0.39, 0.29) is 21.6 Å². The van der Waals surface area contributed by atoms with Gasteiger partial charge in [-0.2, -0.15) is 4.31 Å². The quantitative estimate of drug-likeness (QED) is 0.843. The van der Waals surface area contributed by atoms with Gasteiger partial charge >= 0.3 is 0 Å². The maximum atomic E-state index is 12.6. The largest absolute Gasteiger partial charge is 0.330 e. The van der Waals surface area contributed by atoms with Crippen LogP contribution in [0.1, 0.15) is 19.3 Å². The molecule has 1 heterocycles. The van der Waals surface area contributed by atoms with Crippen molar-refractivity contribution in [3.8, 4) is 0 Å². The van der Waals surface area contributed by atoms with Gasteiger partial charge in [0.1, 0.15) is 0 Å². The van der Waals surface area contributed by atoms with Crippen LogP contribution >= 0.6 is 15.9 Å². The number of nitrogens with zero attached hydrogens (tertiary/aromatic N) is 4. The lowest BCUT2D eigenvalue weighted by molar-refractivity contribution is 0.302. The van der Waals surface area contributed by atoms with Crippen molar-refractivity contribution in [1.82, 2.24) is 19.3 Å². The SMILES string of the molecule is CN(C1CCCC1CN)S(=O)(=O)c1c(Br)nnn1C. The van der Waals surface area contributed by atoms with E-state index in [9.17, 15) is 8.42 Å². The van der Waals surface area contributed by atoms with E-state index in [0.29, 0.717) is 6.54 Å². The molecule has 19 heavy (non-hydrogen) atoms. The number of rotatable bonds is 4. The molecule has 0 aliphatic heterocycles. The van der Waals surface area contributed by atoms with Crippen molar-refractivity contribution in [2.75, 3.05) is 13.6 Å². The fourth-order valence-electron chi connectivity index (χ4n) is 2.68. The summed E-state index contributed by atoms with van der Waals surface area (Å²) >= 11 is 3.14. The van der Waals surface area contributed by atoms with Gasteiger partial charge in [-0.1, -0.05) is 11.6 Å². The summed E-state index contributed by atoms with van der Waals surface area (Å²) in [5, 5.41) is 7.53. The molecule has 9 heteroatoms. The summed E-state index contributed by atoms with van der Waals surface area (Å²) in [6, 6.07) is -0.0446. The molecule has 0 spiro atoms. The number of hydrogen-bond acceptors (Lipinski definition) is 5. The Morgan fingerprint density at radius 3 is 2.74 bits per heavy atom. The van der Waals surface area contributed by atoms with Crippen molar-refractivity contribution in [1.29, 1.82) is 0 Å². The van der Waals surface area contributed by atoms with E-state index in [2.05, 4.69) is 26.2 Å². The summed E-state index contributed by atoms with van der Waals surface area (Å²) < 4.78 is 28.2. The highest BCUT2D eigenvalue weighted by atomic mass is 79.9. The van der Waals surface area contributed by atoms with Crippen LogP contribution in [0, 0.1) is 5.92 Å². The molecule has 1 aliphatic rings. The normalized spacial score (nSPS) is 24.3. The van der Waals surface area contributed by atoms with Crippen LogP contribution in [0.4, 0.5) is 0 Å². The smallest absolute Gasteiger partial charge is 0.263 e. The van der Waals surface area contributed by atoms with Gasteiger partial charge in [0.2, 0.25) is 5.03 Å². The van der Waals surface area contributed by atoms with Crippen LogP contribution in [0.15, 0.2) is 9.63 Å². The Kier molecular flexibility index (Phi) is 4.29. The average molecular weight is 352 g/mol. The zero-order chi connectivity index (χ0) is 14.2. The molecule has 0 radical (unpaired) electrons. The van der Waals surface area contributed by atoms with Gasteiger partial charge in [0.05, 0.1) is 0 Å². The fourth-order valence-corrected chi connectivity index (χ4v) is 5.15. The molecule has 1 fully saturated rings. The summed E-state index contributed by atoms with van der Waals surface area (Å²) in [5.74, 6) is 0.222. The summed E-state index contributed by atoms with van der Waals surface area (Å²) in [6.45, 7) is 0.509. The first-order valence-electron chi connectivity index (χ1n) is 6.13. The third-order valence-corrected chi connectivity index (χ3v) is 6.52. The summed E-state index contributed by atoms with van der Waals surface area (Å²) in [6.07, 6.45) is 2.84. The van der Waals surface area contributed by atoms with Gasteiger partial charge in [-0.3, -0.25) is 0 Å². The Bertz CT molecular complexity index is 539. The van der Waals surface area contributed by atoms with E-state index in [4.69, 9.17) is 5.73 Å². The van der Waals surface area contributed by atoms with Gasteiger partial charge < -0.3 is 5.73 Å². The van der Waals surface area contributed by atoms with Crippen LogP contribution in [0.5, 0.6) is 0 Å². The van der Waals surface area contributed by atoms with Crippen molar-refractivity contribution in [2.24, 2.45) is 18.7 Å². The molecule has 2 unspecified atom stereocenters. The van der Waals surface area contributed by atoms with Gasteiger partial charge in [0.25, 0.3) is 10.0 Å². The third-order valence-electron chi connectivity index (χ3n) is 3.75. The molecule has 0 bridgehead atoms. The highest BCUT2D eigenvalue weighted by Gasteiger charge is 2.38. The van der Waals surface area contributed by atoms with Crippen LogP contribution in [-0.4, -0.2) is 47.4 Å². The number of sulfonamides is 1. The number of hydrogen-bond donors (Lipinski definition) is 1. The first-order chi connectivity index (χ1) is 8.89. The van der Waals surface area contributed by atoms with E-state index in [0.717, 1.165) is 19.3 Å². The minimum Gasteiger partial charge on any atom is -0.330 e. The second kappa shape index (κ2) is 5.47. The van der Waals surface area contributed by atoms with Gasteiger partial charge in [-0.25, -0.2) is 13.1 Å². The van der Waals surface area contributed by atoms with Crippen molar-refractivity contribution >= 4 is 26.0 Å². The predicted molar refractivity (Wildman–Crippen MR) is 73.8 cm³/mol. The molecule has 1 aromatic heterocycles. The van der Waals surface area contributed by atoms with E-state index in [1.807, 2.05) is 0 Å². The van der Waals surface area contributed by atoms with E-state index < -0.39 is 10.0 Å². The minimum atomic E-state index is -3.61. The minimum absolute atomic E-state index is 0.0446. The average Bonchev–Trinajstić information content (AvgIpc) is 2.94. The first-order valence-corrected chi connectivity index (χ1v) is 8.36. The first kappa shape index (κ1) is 14.9. The number of aromatic nitrogens is 3. The fraction of sp³-hybridized carbons (Fsp3) is 0.800. The van der Waals surface area contributed by atoms with Crippen LogP contribution in [0.3, 0.4) is 0 Å². The number of aryl methyl sites for hydroxylation is 1. The molecule has 7 nitrogen and oxygen atoms in total. The molecule has 1 aromatic rings. The van der Waals surface area contributed by atoms with Crippen molar-refractivity contribution in [3.05, 3.63) is 4.60 Å². The maximum Gasteiger partial charge on any atom is 0.263 e. The van der Waals surface area contributed by atoms with Crippen molar-refractivity contribution < 1.29 is 8.42 Å². The zero-order valence-corrected chi connectivity index (χ0v) is 13.4. The molecule has 0 amide bonds. The van der Waals surface area contributed by atoms with Crippen LogP contribution in [0.2, 0.25) is 0 Å². The molecule has 2 rings (SSSR count). The van der Waals surface area contributed by atoms with Gasteiger partial charge in [0.15, 0.2) is 4.60 Å². The predicted octanol–water partition coefficient (Wildman–Crippen LogP) is 0.326. The standard InChI is InChI=1S/C10H18BrN5O2S/c1-15-10(9(11)13-14-15)19(17,18)16(2)8-5-3-4-7(8)6-12/h7-8H,3-6,12H2,1-2H3. The Labute approximate surface area is 121 Å². The molecule has 2 N–H and O–H groups in total. The molecule has 108 valence electrons. The Balaban J connectivity index is 2.35. The van der Waals surface area contributed by atoms with E-state index in [1.54, 1.807) is 14.1 Å². The highest BCUT2D eigenvalue weighted by Crippen LogP contribution is 2.32. The maximum absolute atomic E-state index is 12.6. The van der Waals surface area contributed by atoms with Gasteiger partial charge in [-0.15, -0.1) is 5.10 Å². The lowest BCUT2D eigenvalue weighted by atomic mass is 10.0. The van der Waals surface area contributed by atoms with Crippen LogP contribution in [0.25, 0.3) is 0 Å².